The van der Waals surface area contributed by atoms with Crippen LogP contribution in [0.15, 0.2) is 18.2 Å². The van der Waals surface area contributed by atoms with Crippen LogP contribution in [0.1, 0.15) is 10.4 Å². The molecule has 0 saturated heterocycles. The van der Waals surface area contributed by atoms with E-state index in [-0.39, 0.29) is 6.61 Å². The Morgan fingerprint density at radius 1 is 1.47 bits per heavy atom. The predicted molar refractivity (Wildman–Crippen MR) is 53.1 cm³/mol. The molecule has 0 aliphatic carbocycles. The molecule has 0 aliphatic rings. The van der Waals surface area contributed by atoms with Gasteiger partial charge in [-0.15, -0.1) is 0 Å². The zero-order chi connectivity index (χ0) is 11.3. The first-order chi connectivity index (χ1) is 7.19. The summed E-state index contributed by atoms with van der Waals surface area (Å²) in [6.07, 6.45) is 0.626. The van der Waals surface area contributed by atoms with Crippen molar-refractivity contribution in [3.8, 4) is 11.5 Å². The van der Waals surface area contributed by atoms with E-state index in [2.05, 4.69) is 0 Å². The Bertz CT molecular complexity index is 376. The minimum absolute atomic E-state index is 0.0632. The van der Waals surface area contributed by atoms with Crippen LogP contribution in [0.4, 0.5) is 0 Å². The van der Waals surface area contributed by atoms with Gasteiger partial charge in [-0.05, 0) is 18.2 Å². The number of benzene rings is 1. The van der Waals surface area contributed by atoms with Crippen molar-refractivity contribution in [1.82, 2.24) is 0 Å². The van der Waals surface area contributed by atoms with Gasteiger partial charge in [0, 0.05) is 5.56 Å². The SMILES string of the molecule is COc1cc(C(N)=O)ccc1OCC=O. The summed E-state index contributed by atoms with van der Waals surface area (Å²) in [5.74, 6) is 0.220. The quantitative estimate of drug-likeness (QED) is 0.710. The summed E-state index contributed by atoms with van der Waals surface area (Å²) in [6.45, 7) is -0.0632. The second-order valence-corrected chi connectivity index (χ2v) is 2.71. The highest BCUT2D eigenvalue weighted by atomic mass is 16.5. The number of hydrogen-bond acceptors (Lipinski definition) is 4. The van der Waals surface area contributed by atoms with Crippen molar-refractivity contribution in [3.05, 3.63) is 23.8 Å². The van der Waals surface area contributed by atoms with Crippen LogP contribution in [0.2, 0.25) is 0 Å². The van der Waals surface area contributed by atoms with E-state index in [0.29, 0.717) is 23.3 Å². The van der Waals surface area contributed by atoms with Crippen molar-refractivity contribution in [3.63, 3.8) is 0 Å². The fourth-order valence-electron chi connectivity index (χ4n) is 1.06. The number of nitrogens with two attached hydrogens (primary N) is 1. The van der Waals surface area contributed by atoms with Gasteiger partial charge in [0.25, 0.3) is 0 Å². The Balaban J connectivity index is 2.97. The Hall–Kier alpha value is -2.04. The zero-order valence-electron chi connectivity index (χ0n) is 8.23. The average Bonchev–Trinajstić information content (AvgIpc) is 2.25. The molecular weight excluding hydrogens is 198 g/mol. The smallest absolute Gasteiger partial charge is 0.248 e. The molecule has 0 aliphatic heterocycles. The minimum atomic E-state index is -0.546. The molecule has 0 aromatic heterocycles. The lowest BCUT2D eigenvalue weighted by Crippen LogP contribution is -2.11. The first kappa shape index (κ1) is 11.0. The molecule has 0 fully saturated rings. The van der Waals surface area contributed by atoms with Gasteiger partial charge < -0.3 is 15.2 Å². The first-order valence-electron chi connectivity index (χ1n) is 4.23. The zero-order valence-corrected chi connectivity index (χ0v) is 8.23. The first-order valence-corrected chi connectivity index (χ1v) is 4.23. The third kappa shape index (κ3) is 2.70. The molecule has 0 atom stereocenters. The summed E-state index contributed by atoms with van der Waals surface area (Å²) in [6, 6.07) is 4.50. The van der Waals surface area contributed by atoms with Gasteiger partial charge in [0.15, 0.2) is 17.8 Å². The third-order valence-corrected chi connectivity index (χ3v) is 1.76. The second kappa shape index (κ2) is 4.99. The van der Waals surface area contributed by atoms with Gasteiger partial charge in [-0.2, -0.15) is 0 Å². The van der Waals surface area contributed by atoms with E-state index in [9.17, 15) is 9.59 Å². The number of methoxy groups -OCH3 is 1. The maximum Gasteiger partial charge on any atom is 0.248 e. The molecule has 1 rings (SSSR count). The van der Waals surface area contributed by atoms with Crippen molar-refractivity contribution < 1.29 is 19.1 Å². The van der Waals surface area contributed by atoms with E-state index >= 15 is 0 Å². The molecule has 0 saturated carbocycles. The summed E-state index contributed by atoms with van der Waals surface area (Å²) in [5.41, 5.74) is 5.42. The number of aldehydes is 1. The molecule has 0 bridgehead atoms. The molecule has 2 N–H and O–H groups in total. The van der Waals surface area contributed by atoms with Gasteiger partial charge >= 0.3 is 0 Å². The molecule has 5 nitrogen and oxygen atoms in total. The molecule has 0 spiro atoms. The molecule has 1 aromatic rings. The largest absolute Gasteiger partial charge is 0.493 e. The van der Waals surface area contributed by atoms with Gasteiger partial charge in [0.05, 0.1) is 7.11 Å². The number of carbonyl (C=O) groups excluding carboxylic acids is 2. The van der Waals surface area contributed by atoms with Crippen LogP contribution in [0.3, 0.4) is 0 Å². The van der Waals surface area contributed by atoms with Gasteiger partial charge in [-0.3, -0.25) is 9.59 Å². The van der Waals surface area contributed by atoms with E-state index in [1.165, 1.54) is 25.3 Å². The van der Waals surface area contributed by atoms with E-state index in [0.717, 1.165) is 0 Å². The lowest BCUT2D eigenvalue weighted by molar-refractivity contribution is -0.109. The number of primary amides is 1. The van der Waals surface area contributed by atoms with Crippen LogP contribution >= 0.6 is 0 Å². The molecular formula is C10H11NO4. The summed E-state index contributed by atoms with van der Waals surface area (Å²) >= 11 is 0. The van der Waals surface area contributed by atoms with E-state index in [1.807, 2.05) is 0 Å². The average molecular weight is 209 g/mol. The summed E-state index contributed by atoms with van der Waals surface area (Å²) in [7, 11) is 1.44. The van der Waals surface area contributed by atoms with Crippen LogP contribution in [-0.4, -0.2) is 25.9 Å². The Morgan fingerprint density at radius 3 is 2.73 bits per heavy atom. The highest BCUT2D eigenvalue weighted by molar-refractivity contribution is 5.93. The molecule has 0 radical (unpaired) electrons. The second-order valence-electron chi connectivity index (χ2n) is 2.71. The minimum Gasteiger partial charge on any atom is -0.493 e. The maximum atomic E-state index is 10.9. The molecule has 1 aromatic carbocycles. The lowest BCUT2D eigenvalue weighted by Gasteiger charge is -2.09. The number of carbonyl (C=O) groups is 2. The monoisotopic (exact) mass is 209 g/mol. The van der Waals surface area contributed by atoms with Crippen molar-refractivity contribution in [1.29, 1.82) is 0 Å². The van der Waals surface area contributed by atoms with Crippen LogP contribution in [0.25, 0.3) is 0 Å². The normalized spacial score (nSPS) is 9.40. The lowest BCUT2D eigenvalue weighted by atomic mass is 10.2. The van der Waals surface area contributed by atoms with Gasteiger partial charge in [0.2, 0.25) is 5.91 Å². The van der Waals surface area contributed by atoms with E-state index in [1.54, 1.807) is 0 Å². The number of amides is 1. The van der Waals surface area contributed by atoms with E-state index in [4.69, 9.17) is 15.2 Å². The van der Waals surface area contributed by atoms with Crippen molar-refractivity contribution in [2.24, 2.45) is 5.73 Å². The fraction of sp³-hybridized carbons (Fsp3) is 0.200. The molecule has 5 heteroatoms. The fourth-order valence-corrected chi connectivity index (χ4v) is 1.06. The molecule has 1 amide bonds. The van der Waals surface area contributed by atoms with Crippen molar-refractivity contribution in [2.75, 3.05) is 13.7 Å². The Labute approximate surface area is 86.8 Å². The standard InChI is InChI=1S/C10H11NO4/c1-14-9-6-7(10(11)13)2-3-8(9)15-5-4-12/h2-4,6H,5H2,1H3,(H2,11,13). The number of ether oxygens (including phenoxy) is 2. The predicted octanol–water partition coefficient (Wildman–Crippen LogP) is 0.372. The van der Waals surface area contributed by atoms with Gasteiger partial charge in [-0.1, -0.05) is 0 Å². The molecule has 0 heterocycles. The maximum absolute atomic E-state index is 10.9. The van der Waals surface area contributed by atoms with Crippen LogP contribution in [0.5, 0.6) is 11.5 Å². The highest BCUT2D eigenvalue weighted by Crippen LogP contribution is 2.27. The van der Waals surface area contributed by atoms with Crippen LogP contribution < -0.4 is 15.2 Å². The molecule has 80 valence electrons. The molecule has 0 unspecified atom stereocenters. The van der Waals surface area contributed by atoms with Gasteiger partial charge in [-0.25, -0.2) is 0 Å². The van der Waals surface area contributed by atoms with Crippen LogP contribution in [0, 0.1) is 0 Å². The summed E-state index contributed by atoms with van der Waals surface area (Å²) in [5, 5.41) is 0. The Kier molecular flexibility index (Phi) is 3.68. The molecule has 15 heavy (non-hydrogen) atoms. The number of hydrogen-bond donors (Lipinski definition) is 1. The van der Waals surface area contributed by atoms with E-state index < -0.39 is 5.91 Å². The summed E-state index contributed by atoms with van der Waals surface area (Å²) in [4.78, 5) is 21.0. The van der Waals surface area contributed by atoms with Crippen molar-refractivity contribution in [2.45, 2.75) is 0 Å². The third-order valence-electron chi connectivity index (χ3n) is 1.76. The highest BCUT2D eigenvalue weighted by Gasteiger charge is 2.08. The van der Waals surface area contributed by atoms with Crippen LogP contribution in [-0.2, 0) is 4.79 Å². The topological polar surface area (TPSA) is 78.6 Å². The van der Waals surface area contributed by atoms with Gasteiger partial charge in [0.1, 0.15) is 6.61 Å². The van der Waals surface area contributed by atoms with Crippen molar-refractivity contribution >= 4 is 12.2 Å². The Morgan fingerprint density at radius 2 is 2.20 bits per heavy atom. The summed E-state index contributed by atoms with van der Waals surface area (Å²) < 4.78 is 10.1. The number of rotatable bonds is 5.